The van der Waals surface area contributed by atoms with Crippen molar-refractivity contribution in [1.82, 2.24) is 9.80 Å². The van der Waals surface area contributed by atoms with Gasteiger partial charge in [-0.25, -0.2) is 0 Å². The van der Waals surface area contributed by atoms with Gasteiger partial charge < -0.3 is 14.9 Å². The molecular formula is C13H22N2O3. The van der Waals surface area contributed by atoms with Crippen LogP contribution in [-0.4, -0.2) is 60.0 Å². The molecule has 0 saturated carbocycles. The lowest BCUT2D eigenvalue weighted by atomic mass is 9.93. The summed E-state index contributed by atoms with van der Waals surface area (Å²) in [7, 11) is 2.04. The summed E-state index contributed by atoms with van der Waals surface area (Å²) in [6.45, 7) is 2.99. The number of rotatable bonds is 2. The Morgan fingerprint density at radius 2 is 1.72 bits per heavy atom. The number of carbonyl (C=O) groups is 2. The van der Waals surface area contributed by atoms with Crippen molar-refractivity contribution in [2.75, 3.05) is 33.2 Å². The summed E-state index contributed by atoms with van der Waals surface area (Å²) in [5, 5.41) is 9.04. The van der Waals surface area contributed by atoms with Crippen LogP contribution >= 0.6 is 0 Å². The first-order chi connectivity index (χ1) is 8.58. The molecule has 0 aromatic heterocycles. The predicted molar refractivity (Wildman–Crippen MR) is 67.2 cm³/mol. The average molecular weight is 254 g/mol. The number of likely N-dealkylation sites (tertiary alicyclic amines) is 2. The Labute approximate surface area is 108 Å². The van der Waals surface area contributed by atoms with Gasteiger partial charge in [0.15, 0.2) is 0 Å². The summed E-state index contributed by atoms with van der Waals surface area (Å²) in [6.07, 6.45) is 3.51. The van der Waals surface area contributed by atoms with Crippen molar-refractivity contribution in [2.45, 2.75) is 25.7 Å². The molecule has 0 aromatic rings. The van der Waals surface area contributed by atoms with Crippen molar-refractivity contribution in [3.05, 3.63) is 0 Å². The molecule has 18 heavy (non-hydrogen) atoms. The standard InChI is InChI=1S/C13H22N2O3/c1-14-6-2-4-10(8-14)12(16)15-7-3-5-11(9-15)13(17)18/h10-11H,2-9H2,1H3,(H,17,18). The fraction of sp³-hybridized carbons (Fsp3) is 0.846. The summed E-state index contributed by atoms with van der Waals surface area (Å²) in [5.41, 5.74) is 0. The van der Waals surface area contributed by atoms with E-state index in [0.717, 1.165) is 38.9 Å². The van der Waals surface area contributed by atoms with Crippen molar-refractivity contribution < 1.29 is 14.7 Å². The lowest BCUT2D eigenvalue weighted by molar-refractivity contribution is -0.147. The molecule has 1 amide bonds. The van der Waals surface area contributed by atoms with Crippen LogP contribution in [0.2, 0.25) is 0 Å². The van der Waals surface area contributed by atoms with Gasteiger partial charge >= 0.3 is 5.97 Å². The van der Waals surface area contributed by atoms with Crippen molar-refractivity contribution in [3.8, 4) is 0 Å². The molecule has 0 spiro atoms. The zero-order valence-electron chi connectivity index (χ0n) is 11.0. The molecule has 2 fully saturated rings. The van der Waals surface area contributed by atoms with E-state index in [0.29, 0.717) is 13.0 Å². The largest absolute Gasteiger partial charge is 0.481 e. The van der Waals surface area contributed by atoms with E-state index in [4.69, 9.17) is 5.11 Å². The molecule has 0 bridgehead atoms. The third kappa shape index (κ3) is 3.02. The molecule has 2 aliphatic heterocycles. The highest BCUT2D eigenvalue weighted by Crippen LogP contribution is 2.22. The van der Waals surface area contributed by atoms with Crippen LogP contribution < -0.4 is 0 Å². The van der Waals surface area contributed by atoms with Crippen LogP contribution in [-0.2, 0) is 9.59 Å². The Hall–Kier alpha value is -1.10. The van der Waals surface area contributed by atoms with Crippen molar-refractivity contribution in [2.24, 2.45) is 11.8 Å². The molecule has 102 valence electrons. The second-order valence-corrected chi connectivity index (χ2v) is 5.56. The molecule has 2 unspecified atom stereocenters. The van der Waals surface area contributed by atoms with Gasteiger partial charge in [-0.05, 0) is 39.3 Å². The smallest absolute Gasteiger partial charge is 0.308 e. The number of hydrogen-bond donors (Lipinski definition) is 1. The Balaban J connectivity index is 1.93. The number of carboxylic acids is 1. The molecule has 5 nitrogen and oxygen atoms in total. The highest BCUT2D eigenvalue weighted by molar-refractivity contribution is 5.80. The molecule has 2 rings (SSSR count). The van der Waals surface area contributed by atoms with E-state index in [9.17, 15) is 9.59 Å². The van der Waals surface area contributed by atoms with E-state index in [1.54, 1.807) is 4.90 Å². The van der Waals surface area contributed by atoms with Crippen molar-refractivity contribution in [3.63, 3.8) is 0 Å². The maximum Gasteiger partial charge on any atom is 0.308 e. The van der Waals surface area contributed by atoms with Crippen LogP contribution in [0.4, 0.5) is 0 Å². The fourth-order valence-electron chi connectivity index (χ4n) is 3.01. The third-order valence-electron chi connectivity index (χ3n) is 4.06. The summed E-state index contributed by atoms with van der Waals surface area (Å²) < 4.78 is 0. The van der Waals surface area contributed by atoms with Gasteiger partial charge in [0.25, 0.3) is 0 Å². The molecule has 2 atom stereocenters. The van der Waals surface area contributed by atoms with Crippen LogP contribution in [0.3, 0.4) is 0 Å². The zero-order valence-corrected chi connectivity index (χ0v) is 11.0. The summed E-state index contributed by atoms with van der Waals surface area (Å²) in [6, 6.07) is 0. The van der Waals surface area contributed by atoms with E-state index < -0.39 is 5.97 Å². The predicted octanol–water partition coefficient (Wildman–Crippen LogP) is 0.651. The molecule has 0 aromatic carbocycles. The number of hydrogen-bond acceptors (Lipinski definition) is 3. The van der Waals surface area contributed by atoms with E-state index >= 15 is 0 Å². The molecule has 0 radical (unpaired) electrons. The lowest BCUT2D eigenvalue weighted by Crippen LogP contribution is -2.48. The van der Waals surface area contributed by atoms with E-state index in [1.807, 2.05) is 7.05 Å². The second-order valence-electron chi connectivity index (χ2n) is 5.56. The number of aliphatic carboxylic acids is 1. The van der Waals surface area contributed by atoms with Crippen LogP contribution in [0.1, 0.15) is 25.7 Å². The first-order valence-corrected chi connectivity index (χ1v) is 6.78. The number of nitrogens with zero attached hydrogens (tertiary/aromatic N) is 2. The summed E-state index contributed by atoms with van der Waals surface area (Å²) in [4.78, 5) is 27.3. The van der Waals surface area contributed by atoms with Gasteiger partial charge in [-0.3, -0.25) is 9.59 Å². The summed E-state index contributed by atoms with van der Waals surface area (Å²) >= 11 is 0. The van der Waals surface area contributed by atoms with Gasteiger partial charge in [-0.2, -0.15) is 0 Å². The first kappa shape index (κ1) is 13.3. The quantitative estimate of drug-likeness (QED) is 0.786. The molecule has 5 heteroatoms. The van der Waals surface area contributed by atoms with Gasteiger partial charge in [0.1, 0.15) is 0 Å². The number of amides is 1. The van der Waals surface area contributed by atoms with E-state index in [-0.39, 0.29) is 17.7 Å². The zero-order chi connectivity index (χ0) is 13.1. The molecule has 2 aliphatic rings. The van der Waals surface area contributed by atoms with Gasteiger partial charge in [0.2, 0.25) is 5.91 Å². The van der Waals surface area contributed by atoms with Gasteiger partial charge in [-0.15, -0.1) is 0 Å². The van der Waals surface area contributed by atoms with Gasteiger partial charge in [-0.1, -0.05) is 0 Å². The van der Waals surface area contributed by atoms with Crippen LogP contribution in [0.25, 0.3) is 0 Å². The first-order valence-electron chi connectivity index (χ1n) is 6.78. The van der Waals surface area contributed by atoms with Crippen LogP contribution in [0, 0.1) is 11.8 Å². The highest BCUT2D eigenvalue weighted by Gasteiger charge is 2.33. The molecular weight excluding hydrogens is 232 g/mol. The Morgan fingerprint density at radius 3 is 2.39 bits per heavy atom. The lowest BCUT2D eigenvalue weighted by Gasteiger charge is -2.36. The maximum atomic E-state index is 12.4. The fourth-order valence-corrected chi connectivity index (χ4v) is 3.01. The minimum atomic E-state index is -0.770. The molecule has 2 heterocycles. The van der Waals surface area contributed by atoms with Crippen LogP contribution in [0.5, 0.6) is 0 Å². The number of carboxylic acid groups (broad SMARTS) is 1. The van der Waals surface area contributed by atoms with Gasteiger partial charge in [0.05, 0.1) is 11.8 Å². The maximum absolute atomic E-state index is 12.4. The molecule has 2 saturated heterocycles. The third-order valence-corrected chi connectivity index (χ3v) is 4.06. The van der Waals surface area contributed by atoms with E-state index in [1.165, 1.54) is 0 Å². The minimum Gasteiger partial charge on any atom is -0.481 e. The van der Waals surface area contributed by atoms with Crippen molar-refractivity contribution >= 4 is 11.9 Å². The average Bonchev–Trinajstić information content (AvgIpc) is 2.38. The van der Waals surface area contributed by atoms with Gasteiger partial charge in [0, 0.05) is 19.6 Å². The SMILES string of the molecule is CN1CCCC(C(=O)N2CCCC(C(=O)O)C2)C1. The Bertz CT molecular complexity index is 332. The van der Waals surface area contributed by atoms with E-state index in [2.05, 4.69) is 4.90 Å². The monoisotopic (exact) mass is 254 g/mol. The molecule has 0 aliphatic carbocycles. The minimum absolute atomic E-state index is 0.0660. The topological polar surface area (TPSA) is 60.9 Å². The Kier molecular flexibility index (Phi) is 4.22. The number of carbonyl (C=O) groups excluding carboxylic acids is 1. The summed E-state index contributed by atoms with van der Waals surface area (Å²) in [5.74, 6) is -0.916. The second kappa shape index (κ2) is 5.69. The van der Waals surface area contributed by atoms with Crippen LogP contribution in [0.15, 0.2) is 0 Å². The van der Waals surface area contributed by atoms with Crippen molar-refractivity contribution in [1.29, 1.82) is 0 Å². The Morgan fingerprint density at radius 1 is 1.06 bits per heavy atom. The highest BCUT2D eigenvalue weighted by atomic mass is 16.4. The molecule has 1 N–H and O–H groups in total. The number of piperidine rings is 2. The normalized spacial score (nSPS) is 30.2.